The van der Waals surface area contributed by atoms with E-state index in [1.807, 2.05) is 66.7 Å². The van der Waals surface area contributed by atoms with Crippen LogP contribution in [0.25, 0.3) is 11.3 Å². The summed E-state index contributed by atoms with van der Waals surface area (Å²) in [7, 11) is 0. The lowest BCUT2D eigenvalue weighted by atomic mass is 10.0. The van der Waals surface area contributed by atoms with Crippen molar-refractivity contribution in [1.29, 1.82) is 0 Å². The van der Waals surface area contributed by atoms with Crippen molar-refractivity contribution in [1.82, 2.24) is 15.6 Å². The van der Waals surface area contributed by atoms with Crippen LogP contribution in [0.15, 0.2) is 84.0 Å². The van der Waals surface area contributed by atoms with E-state index in [1.54, 1.807) is 12.3 Å². The van der Waals surface area contributed by atoms with Crippen LogP contribution in [-0.2, 0) is 6.61 Å². The average molecular weight is 425 g/mol. The summed E-state index contributed by atoms with van der Waals surface area (Å²) in [6.45, 7) is 4.63. The monoisotopic (exact) mass is 424 g/mol. The lowest BCUT2D eigenvalue weighted by Gasteiger charge is -2.06. The van der Waals surface area contributed by atoms with Gasteiger partial charge >= 0.3 is 0 Å². The maximum absolute atomic E-state index is 12.4. The number of aryl methyl sites for hydroxylation is 2. The average Bonchev–Trinajstić information content (AvgIpc) is 3.31. The van der Waals surface area contributed by atoms with E-state index in [9.17, 15) is 4.79 Å². The van der Waals surface area contributed by atoms with Crippen molar-refractivity contribution in [3.63, 3.8) is 0 Å². The van der Waals surface area contributed by atoms with E-state index in [-0.39, 0.29) is 5.91 Å². The zero-order valence-corrected chi connectivity index (χ0v) is 18.0. The van der Waals surface area contributed by atoms with Gasteiger partial charge in [0.15, 0.2) is 0 Å². The maximum Gasteiger partial charge on any atom is 0.289 e. The molecule has 160 valence electrons. The molecule has 4 aromatic rings. The van der Waals surface area contributed by atoms with Gasteiger partial charge in [-0.25, -0.2) is 5.43 Å². The second-order valence-electron chi connectivity index (χ2n) is 7.51. The summed E-state index contributed by atoms with van der Waals surface area (Å²) in [6.07, 6.45) is 1.58. The molecular weight excluding hydrogens is 400 g/mol. The summed E-state index contributed by atoms with van der Waals surface area (Å²) in [6, 6.07) is 25.3. The van der Waals surface area contributed by atoms with Crippen molar-refractivity contribution in [2.45, 2.75) is 20.5 Å². The predicted octanol–water partition coefficient (Wildman–Crippen LogP) is 5.04. The number of carbonyl (C=O) groups excluding carboxylic acids is 1. The largest absolute Gasteiger partial charge is 0.489 e. The quantitative estimate of drug-likeness (QED) is 0.322. The summed E-state index contributed by atoms with van der Waals surface area (Å²) in [5.74, 6) is 0.415. The predicted molar refractivity (Wildman–Crippen MR) is 126 cm³/mol. The number of carbonyl (C=O) groups is 1. The standard InChI is InChI=1S/C26H24N4O2/c1-18-8-11-22(14-19(18)2)24-15-25(29-28-24)26(31)30-27-16-20-9-12-23(13-10-20)32-17-21-6-4-3-5-7-21/h3-16H,17H2,1-2H3,(H,28,29)(H,30,31)/b27-16+. The van der Waals surface area contributed by atoms with Crippen LogP contribution in [0.3, 0.4) is 0 Å². The van der Waals surface area contributed by atoms with Crippen molar-refractivity contribution < 1.29 is 9.53 Å². The first-order chi connectivity index (χ1) is 15.6. The Labute approximate surface area is 187 Å². The van der Waals surface area contributed by atoms with Crippen molar-refractivity contribution in [3.8, 4) is 17.0 Å². The molecule has 0 saturated carbocycles. The van der Waals surface area contributed by atoms with Crippen LogP contribution in [0.2, 0.25) is 0 Å². The summed E-state index contributed by atoms with van der Waals surface area (Å²) >= 11 is 0. The van der Waals surface area contributed by atoms with Crippen LogP contribution in [0.5, 0.6) is 5.75 Å². The van der Waals surface area contributed by atoms with Gasteiger partial charge in [-0.3, -0.25) is 9.89 Å². The van der Waals surface area contributed by atoms with Gasteiger partial charge < -0.3 is 4.74 Å². The molecule has 1 aromatic heterocycles. The minimum atomic E-state index is -0.355. The second kappa shape index (κ2) is 9.75. The highest BCUT2D eigenvalue weighted by molar-refractivity contribution is 5.94. The van der Waals surface area contributed by atoms with Crippen molar-refractivity contribution in [2.24, 2.45) is 5.10 Å². The molecule has 6 heteroatoms. The molecule has 0 bridgehead atoms. The van der Waals surface area contributed by atoms with E-state index in [2.05, 4.69) is 40.6 Å². The number of hydrazone groups is 1. The second-order valence-corrected chi connectivity index (χ2v) is 7.51. The minimum Gasteiger partial charge on any atom is -0.489 e. The molecule has 0 atom stereocenters. The Hall–Kier alpha value is -4.19. The maximum atomic E-state index is 12.4. The number of hydrogen-bond donors (Lipinski definition) is 2. The number of hydrogen-bond acceptors (Lipinski definition) is 4. The van der Waals surface area contributed by atoms with Gasteiger partial charge in [0.2, 0.25) is 0 Å². The highest BCUT2D eigenvalue weighted by atomic mass is 16.5. The molecule has 0 aliphatic carbocycles. The Morgan fingerprint density at radius 3 is 2.53 bits per heavy atom. The number of rotatable bonds is 7. The number of benzene rings is 3. The molecule has 1 amide bonds. The number of ether oxygens (including phenoxy) is 1. The number of amides is 1. The molecule has 0 fully saturated rings. The van der Waals surface area contributed by atoms with E-state index < -0.39 is 0 Å². The van der Waals surface area contributed by atoms with Crippen LogP contribution in [-0.4, -0.2) is 22.3 Å². The van der Waals surface area contributed by atoms with E-state index in [1.165, 1.54) is 11.1 Å². The highest BCUT2D eigenvalue weighted by Gasteiger charge is 2.11. The van der Waals surface area contributed by atoms with Crippen LogP contribution in [0, 0.1) is 13.8 Å². The fourth-order valence-corrected chi connectivity index (χ4v) is 3.10. The molecule has 4 rings (SSSR count). The highest BCUT2D eigenvalue weighted by Crippen LogP contribution is 2.21. The third-order valence-corrected chi connectivity index (χ3v) is 5.13. The van der Waals surface area contributed by atoms with E-state index in [0.29, 0.717) is 18.0 Å². The van der Waals surface area contributed by atoms with E-state index in [4.69, 9.17) is 4.74 Å². The lowest BCUT2D eigenvalue weighted by molar-refractivity contribution is 0.0950. The Morgan fingerprint density at radius 1 is 1.00 bits per heavy atom. The number of aromatic amines is 1. The molecule has 0 unspecified atom stereocenters. The Morgan fingerprint density at radius 2 is 1.78 bits per heavy atom. The minimum absolute atomic E-state index is 0.347. The van der Waals surface area contributed by atoms with E-state index in [0.717, 1.165) is 22.4 Å². The molecule has 0 aliphatic rings. The van der Waals surface area contributed by atoms with Crippen LogP contribution in [0.1, 0.15) is 32.7 Å². The van der Waals surface area contributed by atoms with Gasteiger partial charge in [0.25, 0.3) is 5.91 Å². The fourth-order valence-electron chi connectivity index (χ4n) is 3.10. The van der Waals surface area contributed by atoms with Gasteiger partial charge in [0, 0.05) is 5.56 Å². The number of aromatic nitrogens is 2. The molecule has 2 N–H and O–H groups in total. The van der Waals surface area contributed by atoms with Crippen LogP contribution < -0.4 is 10.2 Å². The lowest BCUT2D eigenvalue weighted by Crippen LogP contribution is -2.17. The van der Waals surface area contributed by atoms with Crippen molar-refractivity contribution >= 4 is 12.1 Å². The van der Waals surface area contributed by atoms with Gasteiger partial charge in [0.1, 0.15) is 18.1 Å². The molecular formula is C26H24N4O2. The van der Waals surface area contributed by atoms with Gasteiger partial charge in [-0.1, -0.05) is 42.5 Å². The molecule has 0 radical (unpaired) electrons. The van der Waals surface area contributed by atoms with Gasteiger partial charge in [-0.05, 0) is 72.5 Å². The first kappa shape index (κ1) is 21.1. The fraction of sp³-hybridized carbons (Fsp3) is 0.115. The zero-order valence-electron chi connectivity index (χ0n) is 18.0. The first-order valence-corrected chi connectivity index (χ1v) is 10.3. The Bertz CT molecular complexity index is 1230. The molecule has 0 spiro atoms. The number of nitrogens with one attached hydrogen (secondary N) is 2. The van der Waals surface area contributed by atoms with Gasteiger partial charge in [-0.2, -0.15) is 10.2 Å². The summed E-state index contributed by atoms with van der Waals surface area (Å²) in [5, 5.41) is 11.0. The Balaban J connectivity index is 1.31. The summed E-state index contributed by atoms with van der Waals surface area (Å²) < 4.78 is 5.77. The SMILES string of the molecule is Cc1ccc(-c2cc(C(=O)N/N=C/c3ccc(OCc4ccccc4)cc3)[nH]n2)cc1C. The first-order valence-electron chi connectivity index (χ1n) is 10.3. The summed E-state index contributed by atoms with van der Waals surface area (Å²) in [5.41, 5.74) is 8.90. The van der Waals surface area contributed by atoms with Crippen molar-refractivity contribution in [3.05, 3.63) is 107 Å². The number of H-pyrrole nitrogens is 1. The molecule has 1 heterocycles. The van der Waals surface area contributed by atoms with Crippen molar-refractivity contribution in [2.75, 3.05) is 0 Å². The smallest absolute Gasteiger partial charge is 0.289 e. The molecule has 6 nitrogen and oxygen atoms in total. The molecule has 0 aliphatic heterocycles. The van der Waals surface area contributed by atoms with Gasteiger partial charge in [-0.15, -0.1) is 0 Å². The van der Waals surface area contributed by atoms with Gasteiger partial charge in [0.05, 0.1) is 11.9 Å². The molecule has 0 saturated heterocycles. The number of nitrogens with zero attached hydrogens (tertiary/aromatic N) is 2. The van der Waals surface area contributed by atoms with Crippen LogP contribution in [0.4, 0.5) is 0 Å². The third kappa shape index (κ3) is 5.29. The molecule has 32 heavy (non-hydrogen) atoms. The Kier molecular flexibility index (Phi) is 6.41. The van der Waals surface area contributed by atoms with Crippen LogP contribution >= 0.6 is 0 Å². The molecule has 3 aromatic carbocycles. The summed E-state index contributed by atoms with van der Waals surface area (Å²) in [4.78, 5) is 12.4. The van der Waals surface area contributed by atoms with E-state index >= 15 is 0 Å². The topological polar surface area (TPSA) is 79.4 Å². The zero-order chi connectivity index (χ0) is 22.3. The third-order valence-electron chi connectivity index (χ3n) is 5.13. The normalized spacial score (nSPS) is 10.9.